The number of carbonyl (C=O) groups excluding carboxylic acids is 1. The van der Waals surface area contributed by atoms with E-state index in [-0.39, 0.29) is 5.56 Å². The van der Waals surface area contributed by atoms with Crippen LogP contribution < -0.4 is 0 Å². The number of ether oxygens (including phenoxy) is 1. The first-order valence-electron chi connectivity index (χ1n) is 4.16. The molecule has 1 aromatic carbocycles. The van der Waals surface area contributed by atoms with Gasteiger partial charge in [-0.1, -0.05) is 12.1 Å². The summed E-state index contributed by atoms with van der Waals surface area (Å²) in [5.74, 6) is -1.22. The molecule has 0 fully saturated rings. The average Bonchev–Trinajstić information content (AvgIpc) is 2.17. The maximum absolute atomic E-state index is 13.3. The Balaban J connectivity index is 3.00. The van der Waals surface area contributed by atoms with Gasteiger partial charge < -0.3 is 4.74 Å². The summed E-state index contributed by atoms with van der Waals surface area (Å²) in [5.41, 5.74) is 0.741. The number of carbonyl (C=O) groups is 1. The molecule has 0 heterocycles. The summed E-state index contributed by atoms with van der Waals surface area (Å²) in [5, 5.41) is 0. The van der Waals surface area contributed by atoms with Crippen LogP contribution >= 0.6 is 0 Å². The number of allylic oxidation sites excluding steroid dienone is 1. The van der Waals surface area contributed by atoms with Crippen LogP contribution in [0.3, 0.4) is 0 Å². The molecule has 0 saturated heterocycles. The van der Waals surface area contributed by atoms with Gasteiger partial charge in [0, 0.05) is 0 Å². The Morgan fingerprint density at radius 3 is 2.86 bits per heavy atom. The van der Waals surface area contributed by atoms with Gasteiger partial charge in [-0.3, -0.25) is 0 Å². The summed E-state index contributed by atoms with van der Waals surface area (Å²) in [6.07, 6.45) is 2.25. The normalized spacial score (nSPS) is 9.57. The third-order valence-corrected chi connectivity index (χ3v) is 1.82. The first-order valence-corrected chi connectivity index (χ1v) is 4.16. The highest BCUT2D eigenvalue weighted by Crippen LogP contribution is 2.12. The van der Waals surface area contributed by atoms with Crippen LogP contribution in [0, 0.1) is 5.82 Å². The minimum absolute atomic E-state index is 0.0414. The number of hydrogen-bond acceptors (Lipinski definition) is 2. The Hall–Kier alpha value is -1.64. The lowest BCUT2D eigenvalue weighted by atomic mass is 10.1. The largest absolute Gasteiger partial charge is 0.465 e. The van der Waals surface area contributed by atoms with E-state index in [0.29, 0.717) is 6.42 Å². The minimum Gasteiger partial charge on any atom is -0.465 e. The second-order valence-electron chi connectivity index (χ2n) is 2.80. The van der Waals surface area contributed by atoms with E-state index in [1.807, 2.05) is 0 Å². The summed E-state index contributed by atoms with van der Waals surface area (Å²) in [4.78, 5) is 11.0. The second-order valence-corrected chi connectivity index (χ2v) is 2.80. The molecule has 0 amide bonds. The number of hydrogen-bond donors (Lipinski definition) is 0. The fourth-order valence-electron chi connectivity index (χ4n) is 1.13. The first kappa shape index (κ1) is 10.4. The molecule has 0 spiro atoms. The summed E-state index contributed by atoms with van der Waals surface area (Å²) in [7, 11) is 1.22. The number of rotatable bonds is 3. The van der Waals surface area contributed by atoms with Gasteiger partial charge in [-0.05, 0) is 24.1 Å². The Labute approximate surface area is 82.0 Å². The molecule has 1 rings (SSSR count). The van der Waals surface area contributed by atoms with E-state index in [0.717, 1.165) is 5.56 Å². The highest BCUT2D eigenvalue weighted by Gasteiger charge is 2.11. The van der Waals surface area contributed by atoms with Crippen LogP contribution in [-0.2, 0) is 11.2 Å². The predicted octanol–water partition coefficient (Wildman–Crippen LogP) is 2.34. The van der Waals surface area contributed by atoms with Crippen molar-refractivity contribution in [3.8, 4) is 0 Å². The zero-order valence-electron chi connectivity index (χ0n) is 7.92. The predicted molar refractivity (Wildman–Crippen MR) is 51.6 cm³/mol. The Bertz CT molecular complexity index is 358. The fourth-order valence-corrected chi connectivity index (χ4v) is 1.13. The molecule has 0 atom stereocenters. The van der Waals surface area contributed by atoms with Gasteiger partial charge in [-0.2, -0.15) is 0 Å². The van der Waals surface area contributed by atoms with Crippen molar-refractivity contribution >= 4 is 5.97 Å². The SMILES string of the molecule is C=CCc1ccc(C(=O)OC)c(F)c1. The molecule has 0 aliphatic carbocycles. The Morgan fingerprint density at radius 1 is 1.64 bits per heavy atom. The molecule has 0 radical (unpaired) electrons. The molecule has 14 heavy (non-hydrogen) atoms. The van der Waals surface area contributed by atoms with E-state index in [9.17, 15) is 9.18 Å². The topological polar surface area (TPSA) is 26.3 Å². The van der Waals surface area contributed by atoms with Gasteiger partial charge in [-0.25, -0.2) is 9.18 Å². The molecule has 0 aliphatic heterocycles. The summed E-state index contributed by atoms with van der Waals surface area (Å²) >= 11 is 0. The highest BCUT2D eigenvalue weighted by molar-refractivity contribution is 5.89. The molecule has 0 saturated carbocycles. The van der Waals surface area contributed by atoms with Crippen LogP contribution in [0.1, 0.15) is 15.9 Å². The third-order valence-electron chi connectivity index (χ3n) is 1.82. The van der Waals surface area contributed by atoms with Crippen molar-refractivity contribution in [2.24, 2.45) is 0 Å². The molecule has 0 aromatic heterocycles. The smallest absolute Gasteiger partial charge is 0.340 e. The Morgan fingerprint density at radius 2 is 2.36 bits per heavy atom. The van der Waals surface area contributed by atoms with Crippen LogP contribution in [0.2, 0.25) is 0 Å². The van der Waals surface area contributed by atoms with Gasteiger partial charge in [-0.15, -0.1) is 6.58 Å². The van der Waals surface area contributed by atoms with E-state index in [2.05, 4.69) is 11.3 Å². The molecular weight excluding hydrogens is 183 g/mol. The zero-order chi connectivity index (χ0) is 10.6. The number of benzene rings is 1. The van der Waals surface area contributed by atoms with E-state index in [1.165, 1.54) is 19.2 Å². The molecule has 2 nitrogen and oxygen atoms in total. The molecule has 3 heteroatoms. The van der Waals surface area contributed by atoms with Crippen molar-refractivity contribution in [1.29, 1.82) is 0 Å². The van der Waals surface area contributed by atoms with Crippen LogP contribution in [0.5, 0.6) is 0 Å². The lowest BCUT2D eigenvalue weighted by Gasteiger charge is -2.02. The molecule has 0 unspecified atom stereocenters. The van der Waals surface area contributed by atoms with Gasteiger partial charge in [0.15, 0.2) is 0 Å². The zero-order valence-corrected chi connectivity index (χ0v) is 7.92. The molecular formula is C11H11FO2. The number of methoxy groups -OCH3 is 1. The van der Waals surface area contributed by atoms with Crippen LogP contribution in [0.25, 0.3) is 0 Å². The molecule has 0 bridgehead atoms. The van der Waals surface area contributed by atoms with Crippen molar-refractivity contribution in [1.82, 2.24) is 0 Å². The summed E-state index contributed by atoms with van der Waals surface area (Å²) in [6.45, 7) is 3.55. The van der Waals surface area contributed by atoms with E-state index in [4.69, 9.17) is 0 Å². The van der Waals surface area contributed by atoms with Crippen molar-refractivity contribution in [2.75, 3.05) is 7.11 Å². The standard InChI is InChI=1S/C11H11FO2/c1-3-4-8-5-6-9(10(12)7-8)11(13)14-2/h3,5-7H,1,4H2,2H3. The monoisotopic (exact) mass is 194 g/mol. The van der Waals surface area contributed by atoms with E-state index >= 15 is 0 Å². The number of esters is 1. The maximum atomic E-state index is 13.3. The van der Waals surface area contributed by atoms with Crippen LogP contribution in [0.4, 0.5) is 4.39 Å². The van der Waals surface area contributed by atoms with Crippen molar-refractivity contribution in [3.05, 3.63) is 47.8 Å². The molecule has 1 aromatic rings. The van der Waals surface area contributed by atoms with Gasteiger partial charge in [0.25, 0.3) is 0 Å². The van der Waals surface area contributed by atoms with Gasteiger partial charge in [0.05, 0.1) is 12.7 Å². The third kappa shape index (κ3) is 2.19. The average molecular weight is 194 g/mol. The molecule has 74 valence electrons. The van der Waals surface area contributed by atoms with Crippen molar-refractivity contribution in [3.63, 3.8) is 0 Å². The highest BCUT2D eigenvalue weighted by atomic mass is 19.1. The van der Waals surface area contributed by atoms with Gasteiger partial charge >= 0.3 is 5.97 Å². The summed E-state index contributed by atoms with van der Waals surface area (Å²) in [6, 6.07) is 4.41. The van der Waals surface area contributed by atoms with Gasteiger partial charge in [0.2, 0.25) is 0 Å². The minimum atomic E-state index is -0.660. The maximum Gasteiger partial charge on any atom is 0.340 e. The number of halogens is 1. The first-order chi connectivity index (χ1) is 6.69. The van der Waals surface area contributed by atoms with Crippen LogP contribution in [0.15, 0.2) is 30.9 Å². The quantitative estimate of drug-likeness (QED) is 0.545. The molecule has 0 N–H and O–H groups in total. The lowest BCUT2D eigenvalue weighted by Crippen LogP contribution is -2.04. The Kier molecular flexibility index (Phi) is 3.40. The van der Waals surface area contributed by atoms with E-state index < -0.39 is 11.8 Å². The van der Waals surface area contributed by atoms with Crippen LogP contribution in [-0.4, -0.2) is 13.1 Å². The lowest BCUT2D eigenvalue weighted by molar-refractivity contribution is 0.0595. The van der Waals surface area contributed by atoms with Gasteiger partial charge in [0.1, 0.15) is 5.82 Å². The summed E-state index contributed by atoms with van der Waals surface area (Å²) < 4.78 is 17.7. The molecule has 0 aliphatic rings. The van der Waals surface area contributed by atoms with Crippen molar-refractivity contribution in [2.45, 2.75) is 6.42 Å². The fraction of sp³-hybridized carbons (Fsp3) is 0.182. The van der Waals surface area contributed by atoms with Crippen molar-refractivity contribution < 1.29 is 13.9 Å². The second kappa shape index (κ2) is 4.56. The van der Waals surface area contributed by atoms with E-state index in [1.54, 1.807) is 12.1 Å².